The maximum atomic E-state index is 12.3. The molecule has 0 aliphatic carbocycles. The SMILES string of the molecule is CN(CC1CCOCC1)C(=O)CC1CNCCN1C. The molecule has 0 aromatic heterocycles. The smallest absolute Gasteiger partial charge is 0.223 e. The van der Waals surface area contributed by atoms with Gasteiger partial charge in [-0.05, 0) is 25.8 Å². The summed E-state index contributed by atoms with van der Waals surface area (Å²) in [6.45, 7) is 5.56. The summed E-state index contributed by atoms with van der Waals surface area (Å²) in [5, 5.41) is 3.36. The van der Waals surface area contributed by atoms with E-state index in [1.54, 1.807) is 0 Å². The summed E-state index contributed by atoms with van der Waals surface area (Å²) in [5.74, 6) is 0.886. The number of amides is 1. The first-order valence-electron chi connectivity index (χ1n) is 7.39. The Labute approximate surface area is 116 Å². The quantitative estimate of drug-likeness (QED) is 0.790. The lowest BCUT2D eigenvalue weighted by Crippen LogP contribution is -2.51. The Kier molecular flexibility index (Phi) is 5.60. The fraction of sp³-hybridized carbons (Fsp3) is 0.929. The van der Waals surface area contributed by atoms with Crippen molar-refractivity contribution in [2.24, 2.45) is 5.92 Å². The van der Waals surface area contributed by atoms with E-state index in [4.69, 9.17) is 4.74 Å². The van der Waals surface area contributed by atoms with Gasteiger partial charge in [-0.15, -0.1) is 0 Å². The first kappa shape index (κ1) is 14.8. The van der Waals surface area contributed by atoms with E-state index in [-0.39, 0.29) is 5.91 Å². The van der Waals surface area contributed by atoms with Crippen molar-refractivity contribution in [2.45, 2.75) is 25.3 Å². The Morgan fingerprint density at radius 1 is 1.42 bits per heavy atom. The molecule has 1 atom stereocenters. The molecule has 2 saturated heterocycles. The van der Waals surface area contributed by atoms with Crippen molar-refractivity contribution < 1.29 is 9.53 Å². The zero-order valence-corrected chi connectivity index (χ0v) is 12.2. The van der Waals surface area contributed by atoms with Crippen LogP contribution < -0.4 is 5.32 Å². The van der Waals surface area contributed by atoms with Crippen LogP contribution in [0, 0.1) is 5.92 Å². The number of carbonyl (C=O) groups is 1. The molecule has 0 aromatic carbocycles. The Hall–Kier alpha value is -0.650. The molecule has 0 spiro atoms. The number of hydrogen-bond acceptors (Lipinski definition) is 4. The standard InChI is InChI=1S/C14H27N3O2/c1-16-6-5-15-10-13(16)9-14(18)17(2)11-12-3-7-19-8-4-12/h12-13,15H,3-11H2,1-2H3. The summed E-state index contributed by atoms with van der Waals surface area (Å²) < 4.78 is 5.36. The van der Waals surface area contributed by atoms with Crippen molar-refractivity contribution >= 4 is 5.91 Å². The minimum absolute atomic E-state index is 0.270. The molecule has 2 aliphatic heterocycles. The zero-order chi connectivity index (χ0) is 13.7. The molecule has 1 N–H and O–H groups in total. The molecule has 0 radical (unpaired) electrons. The van der Waals surface area contributed by atoms with Crippen LogP contribution in [0.2, 0.25) is 0 Å². The van der Waals surface area contributed by atoms with Gasteiger partial charge < -0.3 is 19.9 Å². The average Bonchev–Trinajstić information content (AvgIpc) is 2.42. The number of nitrogens with zero attached hydrogens (tertiary/aromatic N) is 2. The number of nitrogens with one attached hydrogen (secondary N) is 1. The van der Waals surface area contributed by atoms with Gasteiger partial charge in [0.1, 0.15) is 0 Å². The summed E-state index contributed by atoms with van der Waals surface area (Å²) in [7, 11) is 4.05. The van der Waals surface area contributed by atoms with Gasteiger partial charge in [0.2, 0.25) is 5.91 Å². The number of hydrogen-bond donors (Lipinski definition) is 1. The molecule has 110 valence electrons. The lowest BCUT2D eigenvalue weighted by atomic mass is 9.99. The van der Waals surface area contributed by atoms with Crippen molar-refractivity contribution in [2.75, 3.05) is 53.5 Å². The highest BCUT2D eigenvalue weighted by molar-refractivity contribution is 5.76. The van der Waals surface area contributed by atoms with Gasteiger partial charge >= 0.3 is 0 Å². The van der Waals surface area contributed by atoms with E-state index in [1.807, 2.05) is 11.9 Å². The number of ether oxygens (including phenoxy) is 1. The van der Waals surface area contributed by atoms with Gasteiger partial charge in [0, 0.05) is 58.9 Å². The second-order valence-electron chi connectivity index (χ2n) is 5.87. The maximum absolute atomic E-state index is 12.3. The van der Waals surface area contributed by atoms with E-state index in [2.05, 4.69) is 17.3 Å². The normalized spacial score (nSPS) is 26.3. The number of likely N-dealkylation sites (N-methyl/N-ethyl adjacent to an activating group) is 1. The molecule has 2 rings (SSSR count). The van der Waals surface area contributed by atoms with Crippen molar-refractivity contribution in [3.63, 3.8) is 0 Å². The van der Waals surface area contributed by atoms with Crippen LogP contribution in [0.4, 0.5) is 0 Å². The van der Waals surface area contributed by atoms with Crippen LogP contribution in [0.25, 0.3) is 0 Å². The van der Waals surface area contributed by atoms with Gasteiger partial charge in [-0.3, -0.25) is 4.79 Å². The number of rotatable bonds is 4. The van der Waals surface area contributed by atoms with Crippen LogP contribution in [0.5, 0.6) is 0 Å². The molecule has 0 aromatic rings. The summed E-state index contributed by atoms with van der Waals surface area (Å²) >= 11 is 0. The first-order chi connectivity index (χ1) is 9.16. The molecule has 1 unspecified atom stereocenters. The highest BCUT2D eigenvalue weighted by Crippen LogP contribution is 2.16. The van der Waals surface area contributed by atoms with Crippen LogP contribution in [-0.2, 0) is 9.53 Å². The predicted octanol–water partition coefficient (Wildman–Crippen LogP) is 0.165. The Balaban J connectivity index is 1.74. The molecule has 0 bridgehead atoms. The average molecular weight is 269 g/mol. The fourth-order valence-corrected chi connectivity index (χ4v) is 2.87. The van der Waals surface area contributed by atoms with Crippen molar-refractivity contribution in [3.05, 3.63) is 0 Å². The largest absolute Gasteiger partial charge is 0.381 e. The van der Waals surface area contributed by atoms with Crippen LogP contribution in [-0.4, -0.2) is 75.2 Å². The van der Waals surface area contributed by atoms with Gasteiger partial charge in [-0.2, -0.15) is 0 Å². The molecular formula is C14H27N3O2. The van der Waals surface area contributed by atoms with Crippen LogP contribution >= 0.6 is 0 Å². The van der Waals surface area contributed by atoms with Crippen LogP contribution in [0.15, 0.2) is 0 Å². The molecule has 0 saturated carbocycles. The second-order valence-corrected chi connectivity index (χ2v) is 5.87. The molecule has 5 heteroatoms. The molecule has 1 amide bonds. The van der Waals surface area contributed by atoms with E-state index in [9.17, 15) is 4.79 Å². The van der Waals surface area contributed by atoms with Gasteiger partial charge in [0.15, 0.2) is 0 Å². The lowest BCUT2D eigenvalue weighted by molar-refractivity contribution is -0.132. The Morgan fingerprint density at radius 2 is 2.16 bits per heavy atom. The summed E-state index contributed by atoms with van der Waals surface area (Å²) in [5.41, 5.74) is 0. The predicted molar refractivity (Wildman–Crippen MR) is 75.1 cm³/mol. The molecule has 2 heterocycles. The van der Waals surface area contributed by atoms with E-state index in [1.165, 1.54) is 0 Å². The number of piperazine rings is 1. The third-order valence-corrected chi connectivity index (χ3v) is 4.35. The first-order valence-corrected chi connectivity index (χ1v) is 7.39. The second kappa shape index (κ2) is 7.22. The molecule has 2 aliphatic rings. The molecular weight excluding hydrogens is 242 g/mol. The van der Waals surface area contributed by atoms with Gasteiger partial charge in [0.25, 0.3) is 0 Å². The Morgan fingerprint density at radius 3 is 2.84 bits per heavy atom. The highest BCUT2D eigenvalue weighted by Gasteiger charge is 2.24. The van der Waals surface area contributed by atoms with Crippen molar-refractivity contribution in [1.29, 1.82) is 0 Å². The van der Waals surface area contributed by atoms with Crippen molar-refractivity contribution in [1.82, 2.24) is 15.1 Å². The molecule has 19 heavy (non-hydrogen) atoms. The van der Waals surface area contributed by atoms with Crippen LogP contribution in [0.1, 0.15) is 19.3 Å². The lowest BCUT2D eigenvalue weighted by Gasteiger charge is -2.34. The molecule has 5 nitrogen and oxygen atoms in total. The van der Waals surface area contributed by atoms with E-state index >= 15 is 0 Å². The maximum Gasteiger partial charge on any atom is 0.223 e. The van der Waals surface area contributed by atoms with Gasteiger partial charge in [-0.25, -0.2) is 0 Å². The Bertz CT molecular complexity index is 292. The summed E-state index contributed by atoms with van der Waals surface area (Å²) in [6.07, 6.45) is 2.80. The third kappa shape index (κ3) is 4.44. The summed E-state index contributed by atoms with van der Waals surface area (Å²) in [6, 6.07) is 0.346. The minimum atomic E-state index is 0.270. The van der Waals surface area contributed by atoms with Crippen LogP contribution in [0.3, 0.4) is 0 Å². The van der Waals surface area contributed by atoms with E-state index in [0.717, 1.165) is 52.2 Å². The van der Waals surface area contributed by atoms with Gasteiger partial charge in [-0.1, -0.05) is 0 Å². The topological polar surface area (TPSA) is 44.8 Å². The van der Waals surface area contributed by atoms with E-state index in [0.29, 0.717) is 18.4 Å². The van der Waals surface area contributed by atoms with Gasteiger partial charge in [0.05, 0.1) is 0 Å². The number of carbonyl (C=O) groups excluding carboxylic acids is 1. The fourth-order valence-electron chi connectivity index (χ4n) is 2.87. The monoisotopic (exact) mass is 269 g/mol. The minimum Gasteiger partial charge on any atom is -0.381 e. The molecule has 2 fully saturated rings. The van der Waals surface area contributed by atoms with Crippen molar-refractivity contribution in [3.8, 4) is 0 Å². The highest BCUT2D eigenvalue weighted by atomic mass is 16.5. The zero-order valence-electron chi connectivity index (χ0n) is 12.2. The third-order valence-electron chi connectivity index (χ3n) is 4.35. The summed E-state index contributed by atoms with van der Waals surface area (Å²) in [4.78, 5) is 16.5. The van der Waals surface area contributed by atoms with E-state index < -0.39 is 0 Å².